The molecule has 0 unspecified atom stereocenters. The Balaban J connectivity index is 2.28. The Bertz CT molecular complexity index is 168. The number of likely N-dealkylation sites (tertiary alicyclic amines) is 1. The predicted octanol–water partition coefficient (Wildman–Crippen LogP) is 1.82. The molecule has 0 aromatic rings. The van der Waals surface area contributed by atoms with Gasteiger partial charge in [-0.05, 0) is 39.8 Å². The Morgan fingerprint density at radius 1 is 1.43 bits per heavy atom. The lowest BCUT2D eigenvalue weighted by Gasteiger charge is -2.36. The van der Waals surface area contributed by atoms with Crippen LogP contribution in [-0.4, -0.2) is 43.3 Å². The summed E-state index contributed by atoms with van der Waals surface area (Å²) in [4.78, 5) is 2.49. The first-order valence-electron chi connectivity index (χ1n) is 5.21. The van der Waals surface area contributed by atoms with E-state index in [-0.39, 0.29) is 5.60 Å². The van der Waals surface area contributed by atoms with Crippen LogP contribution < -0.4 is 3.53 Å². The van der Waals surface area contributed by atoms with Crippen molar-refractivity contribution in [2.75, 3.05) is 26.7 Å². The maximum Gasteiger partial charge on any atom is 0.0749 e. The molecule has 1 saturated heterocycles. The van der Waals surface area contributed by atoms with Gasteiger partial charge in [-0.3, -0.25) is 3.53 Å². The van der Waals surface area contributed by atoms with Gasteiger partial charge in [-0.2, -0.15) is 0 Å². The third kappa shape index (κ3) is 4.00. The van der Waals surface area contributed by atoms with E-state index in [9.17, 15) is 0 Å². The second-order valence-corrected chi connectivity index (χ2v) is 5.25. The first-order valence-corrected chi connectivity index (χ1v) is 6.29. The molecule has 1 fully saturated rings. The molecule has 0 aromatic carbocycles. The van der Waals surface area contributed by atoms with Crippen molar-refractivity contribution in [3.8, 4) is 0 Å². The second kappa shape index (κ2) is 5.63. The Morgan fingerprint density at radius 2 is 2.00 bits per heavy atom. The van der Waals surface area contributed by atoms with Gasteiger partial charge in [-0.15, -0.1) is 0 Å². The van der Waals surface area contributed by atoms with E-state index in [0.29, 0.717) is 6.04 Å². The van der Waals surface area contributed by atoms with Gasteiger partial charge in [0.15, 0.2) is 0 Å². The molecule has 0 saturated carbocycles. The summed E-state index contributed by atoms with van der Waals surface area (Å²) in [5, 5.41) is 0. The summed E-state index contributed by atoms with van der Waals surface area (Å²) < 4.78 is 8.75. The number of hydrogen-bond acceptors (Lipinski definition) is 3. The minimum absolute atomic E-state index is 0.00934. The van der Waals surface area contributed by atoms with E-state index in [2.05, 4.69) is 45.1 Å². The summed E-state index contributed by atoms with van der Waals surface area (Å²) in [5.74, 6) is 0. The number of rotatable bonds is 4. The van der Waals surface area contributed by atoms with Gasteiger partial charge in [0.2, 0.25) is 0 Å². The third-order valence-electron chi connectivity index (χ3n) is 2.90. The van der Waals surface area contributed by atoms with Crippen LogP contribution in [0.5, 0.6) is 0 Å². The van der Waals surface area contributed by atoms with Gasteiger partial charge in [0.05, 0.1) is 5.60 Å². The number of piperidine rings is 1. The average molecular weight is 312 g/mol. The monoisotopic (exact) mass is 312 g/mol. The molecule has 0 aliphatic carbocycles. The van der Waals surface area contributed by atoms with Gasteiger partial charge >= 0.3 is 0 Å². The number of methoxy groups -OCH3 is 1. The Hall–Kier alpha value is 0.610. The zero-order valence-electron chi connectivity index (χ0n) is 9.35. The lowest BCUT2D eigenvalue weighted by molar-refractivity contribution is -0.0125. The molecule has 4 heteroatoms. The molecule has 0 radical (unpaired) electrons. The highest BCUT2D eigenvalue weighted by Crippen LogP contribution is 2.16. The van der Waals surface area contributed by atoms with Crippen LogP contribution in [0.25, 0.3) is 0 Å². The van der Waals surface area contributed by atoms with Crippen LogP contribution in [-0.2, 0) is 4.74 Å². The molecular formula is C10H21IN2O. The lowest BCUT2D eigenvalue weighted by Crippen LogP contribution is -2.46. The highest BCUT2D eigenvalue weighted by Gasteiger charge is 2.24. The van der Waals surface area contributed by atoms with Crippen molar-refractivity contribution in [3.63, 3.8) is 0 Å². The number of nitrogens with one attached hydrogen (secondary N) is 1. The Kier molecular flexibility index (Phi) is 5.10. The van der Waals surface area contributed by atoms with E-state index in [1.807, 2.05) is 0 Å². The molecule has 0 amide bonds. The van der Waals surface area contributed by atoms with E-state index < -0.39 is 0 Å². The molecule has 0 bridgehead atoms. The van der Waals surface area contributed by atoms with Crippen molar-refractivity contribution in [1.82, 2.24) is 8.43 Å². The fourth-order valence-electron chi connectivity index (χ4n) is 1.80. The molecule has 0 aromatic heterocycles. The normalized spacial score (nSPS) is 21.4. The minimum Gasteiger partial charge on any atom is -0.377 e. The zero-order valence-corrected chi connectivity index (χ0v) is 11.5. The molecule has 14 heavy (non-hydrogen) atoms. The van der Waals surface area contributed by atoms with Crippen LogP contribution in [0.4, 0.5) is 0 Å². The van der Waals surface area contributed by atoms with Crippen LogP contribution in [0.15, 0.2) is 0 Å². The smallest absolute Gasteiger partial charge is 0.0749 e. The summed E-state index contributed by atoms with van der Waals surface area (Å²) in [5.41, 5.74) is -0.00934. The molecule has 3 nitrogen and oxygen atoms in total. The Morgan fingerprint density at radius 3 is 2.43 bits per heavy atom. The SMILES string of the molecule is COC(C)(C)CN1CCC(NI)CC1. The van der Waals surface area contributed by atoms with Crippen LogP contribution in [0.3, 0.4) is 0 Å². The van der Waals surface area contributed by atoms with Gasteiger partial charge in [0.1, 0.15) is 0 Å². The van der Waals surface area contributed by atoms with E-state index in [1.54, 1.807) is 7.11 Å². The van der Waals surface area contributed by atoms with Gasteiger partial charge in [0.25, 0.3) is 0 Å². The van der Waals surface area contributed by atoms with E-state index in [1.165, 1.54) is 25.9 Å². The number of ether oxygens (including phenoxy) is 1. The topological polar surface area (TPSA) is 24.5 Å². The highest BCUT2D eigenvalue weighted by molar-refractivity contribution is 14.1. The molecule has 1 heterocycles. The average Bonchev–Trinajstić information content (AvgIpc) is 2.19. The highest BCUT2D eigenvalue weighted by atomic mass is 127. The molecule has 0 spiro atoms. The first kappa shape index (κ1) is 12.7. The van der Waals surface area contributed by atoms with Gasteiger partial charge in [0, 0.05) is 42.6 Å². The Labute approximate surface area is 101 Å². The van der Waals surface area contributed by atoms with Crippen molar-refractivity contribution in [2.24, 2.45) is 0 Å². The molecule has 1 rings (SSSR count). The summed E-state index contributed by atoms with van der Waals surface area (Å²) in [7, 11) is 1.79. The zero-order chi connectivity index (χ0) is 10.6. The van der Waals surface area contributed by atoms with Crippen molar-refractivity contribution in [3.05, 3.63) is 0 Å². The fraction of sp³-hybridized carbons (Fsp3) is 1.00. The molecular weight excluding hydrogens is 291 g/mol. The summed E-state index contributed by atoms with van der Waals surface area (Å²) >= 11 is 2.26. The van der Waals surface area contributed by atoms with Crippen LogP contribution in [0, 0.1) is 0 Å². The van der Waals surface area contributed by atoms with Crippen molar-refractivity contribution in [2.45, 2.75) is 38.3 Å². The summed E-state index contributed by atoms with van der Waals surface area (Å²) in [6, 6.07) is 0.706. The molecule has 1 N–H and O–H groups in total. The van der Waals surface area contributed by atoms with Gasteiger partial charge < -0.3 is 9.64 Å². The molecule has 1 aliphatic rings. The summed E-state index contributed by atoms with van der Waals surface area (Å²) in [6.45, 7) is 7.71. The van der Waals surface area contributed by atoms with Crippen LogP contribution >= 0.6 is 22.9 Å². The largest absolute Gasteiger partial charge is 0.377 e. The second-order valence-electron chi connectivity index (χ2n) is 4.62. The predicted molar refractivity (Wildman–Crippen MR) is 67.7 cm³/mol. The maximum absolute atomic E-state index is 5.43. The number of halogens is 1. The number of hydrogen-bond donors (Lipinski definition) is 1. The van der Waals surface area contributed by atoms with Gasteiger partial charge in [-0.1, -0.05) is 0 Å². The van der Waals surface area contributed by atoms with Gasteiger partial charge in [-0.25, -0.2) is 0 Å². The maximum atomic E-state index is 5.43. The molecule has 0 atom stereocenters. The molecule has 1 aliphatic heterocycles. The lowest BCUT2D eigenvalue weighted by atomic mass is 10.0. The fourth-order valence-corrected chi connectivity index (χ4v) is 2.43. The minimum atomic E-state index is -0.00934. The van der Waals surface area contributed by atoms with E-state index >= 15 is 0 Å². The molecule has 84 valence electrons. The first-order chi connectivity index (χ1) is 6.57. The van der Waals surface area contributed by atoms with Crippen LogP contribution in [0.1, 0.15) is 26.7 Å². The quantitative estimate of drug-likeness (QED) is 0.633. The summed E-state index contributed by atoms with van der Waals surface area (Å²) in [6.07, 6.45) is 2.51. The van der Waals surface area contributed by atoms with Crippen molar-refractivity contribution >= 4 is 22.9 Å². The third-order valence-corrected chi connectivity index (χ3v) is 3.78. The standard InChI is InChI=1S/C10H21IN2O/c1-10(2,14-3)8-13-6-4-9(12-11)5-7-13/h9,12H,4-8H2,1-3H3. The van der Waals surface area contributed by atoms with Crippen molar-refractivity contribution in [1.29, 1.82) is 0 Å². The number of nitrogens with zero attached hydrogens (tertiary/aromatic N) is 1. The van der Waals surface area contributed by atoms with E-state index in [0.717, 1.165) is 6.54 Å². The van der Waals surface area contributed by atoms with Crippen molar-refractivity contribution < 1.29 is 4.74 Å². The van der Waals surface area contributed by atoms with E-state index in [4.69, 9.17) is 4.74 Å². The van der Waals surface area contributed by atoms with Crippen LogP contribution in [0.2, 0.25) is 0 Å².